The van der Waals surface area contributed by atoms with E-state index in [9.17, 15) is 0 Å². The number of nitrogens with one attached hydrogen (secondary N) is 1. The minimum atomic E-state index is 0.703. The van der Waals surface area contributed by atoms with Gasteiger partial charge >= 0.3 is 0 Å². The number of nitrogens with zero attached hydrogens (tertiary/aromatic N) is 1. The zero-order valence-electron chi connectivity index (χ0n) is 9.00. The zero-order valence-corrected chi connectivity index (χ0v) is 11.4. The summed E-state index contributed by atoms with van der Waals surface area (Å²) in [4.78, 5) is 3.83. The Morgan fingerprint density at radius 3 is 3.13 bits per heavy atom. The predicted molar refractivity (Wildman–Crippen MR) is 69.4 cm³/mol. The van der Waals surface area contributed by atoms with Crippen molar-refractivity contribution in [1.29, 1.82) is 0 Å². The summed E-state index contributed by atoms with van der Waals surface area (Å²) in [5, 5.41) is 5.67. The van der Waals surface area contributed by atoms with Crippen LogP contribution < -0.4 is 5.32 Å². The maximum absolute atomic E-state index is 3.58. The number of likely N-dealkylation sites (N-methyl/N-ethyl adjacent to an activating group) is 1. The fraction of sp³-hybridized carbons (Fsp3) is 0.636. The number of rotatable bonds is 4. The third-order valence-corrected chi connectivity index (χ3v) is 4.71. The molecule has 0 saturated carbocycles. The van der Waals surface area contributed by atoms with Gasteiger partial charge in [-0.25, -0.2) is 0 Å². The van der Waals surface area contributed by atoms with Gasteiger partial charge in [0, 0.05) is 28.5 Å². The molecule has 1 aromatic rings. The van der Waals surface area contributed by atoms with E-state index < -0.39 is 0 Å². The van der Waals surface area contributed by atoms with Crippen LogP contribution >= 0.6 is 27.3 Å². The van der Waals surface area contributed by atoms with Crippen LogP contribution in [0.25, 0.3) is 0 Å². The third kappa shape index (κ3) is 3.28. The largest absolute Gasteiger partial charge is 0.313 e. The number of hydrogen-bond acceptors (Lipinski definition) is 3. The Kier molecular flexibility index (Phi) is 4.20. The normalized spacial score (nSPS) is 21.4. The minimum Gasteiger partial charge on any atom is -0.313 e. The lowest BCUT2D eigenvalue weighted by Gasteiger charge is -2.20. The second-order valence-electron chi connectivity index (χ2n) is 4.18. The molecule has 4 heteroatoms. The van der Waals surface area contributed by atoms with Gasteiger partial charge in [0.25, 0.3) is 0 Å². The van der Waals surface area contributed by atoms with Crippen molar-refractivity contribution in [2.75, 3.05) is 20.1 Å². The van der Waals surface area contributed by atoms with Gasteiger partial charge < -0.3 is 5.32 Å². The Labute approximate surface area is 104 Å². The highest BCUT2D eigenvalue weighted by atomic mass is 79.9. The summed E-state index contributed by atoms with van der Waals surface area (Å²) in [6, 6.07) is 2.83. The first-order chi connectivity index (χ1) is 7.25. The van der Waals surface area contributed by atoms with Crippen molar-refractivity contribution in [2.24, 2.45) is 0 Å². The second-order valence-corrected chi connectivity index (χ2v) is 6.04. The Morgan fingerprint density at radius 1 is 1.67 bits per heavy atom. The maximum Gasteiger partial charge on any atom is 0.0336 e. The molecule has 0 amide bonds. The summed E-state index contributed by atoms with van der Waals surface area (Å²) in [7, 11) is 2.20. The van der Waals surface area contributed by atoms with Crippen molar-refractivity contribution in [3.8, 4) is 0 Å². The maximum atomic E-state index is 3.58. The number of halogens is 1. The summed E-state index contributed by atoms with van der Waals surface area (Å²) in [5.41, 5.74) is 0. The van der Waals surface area contributed by atoms with Crippen molar-refractivity contribution in [1.82, 2.24) is 10.2 Å². The highest BCUT2D eigenvalue weighted by molar-refractivity contribution is 9.10. The molecule has 1 atom stereocenters. The number of thiophene rings is 1. The molecule has 84 valence electrons. The van der Waals surface area contributed by atoms with Gasteiger partial charge in [0.2, 0.25) is 0 Å². The van der Waals surface area contributed by atoms with Gasteiger partial charge in [-0.3, -0.25) is 4.90 Å². The summed E-state index contributed by atoms with van der Waals surface area (Å²) < 4.78 is 1.25. The average Bonchev–Trinajstić information content (AvgIpc) is 2.79. The monoisotopic (exact) mass is 288 g/mol. The van der Waals surface area contributed by atoms with Gasteiger partial charge in [0.15, 0.2) is 0 Å². The van der Waals surface area contributed by atoms with Gasteiger partial charge in [-0.15, -0.1) is 11.3 Å². The van der Waals surface area contributed by atoms with Crippen molar-refractivity contribution < 1.29 is 0 Å². The smallest absolute Gasteiger partial charge is 0.0336 e. The molecule has 15 heavy (non-hydrogen) atoms. The minimum absolute atomic E-state index is 0.703. The van der Waals surface area contributed by atoms with Gasteiger partial charge in [0.05, 0.1) is 0 Å². The lowest BCUT2D eigenvalue weighted by atomic mass is 10.2. The second kappa shape index (κ2) is 5.43. The Balaban J connectivity index is 1.81. The summed E-state index contributed by atoms with van der Waals surface area (Å²) in [5.74, 6) is 0. The molecule has 1 N–H and O–H groups in total. The van der Waals surface area contributed by atoms with E-state index in [-0.39, 0.29) is 0 Å². The fourth-order valence-electron chi connectivity index (χ4n) is 2.04. The lowest BCUT2D eigenvalue weighted by molar-refractivity contribution is 0.295. The molecule has 1 aromatic heterocycles. The van der Waals surface area contributed by atoms with Crippen LogP contribution in [0.15, 0.2) is 15.9 Å². The molecule has 1 saturated heterocycles. The Hall–Kier alpha value is 0.1000. The molecule has 1 fully saturated rings. The van der Waals surface area contributed by atoms with E-state index >= 15 is 0 Å². The van der Waals surface area contributed by atoms with E-state index in [1.54, 1.807) is 0 Å². The van der Waals surface area contributed by atoms with Gasteiger partial charge in [-0.2, -0.15) is 0 Å². The molecule has 1 unspecified atom stereocenters. The molecule has 2 rings (SSSR count). The van der Waals surface area contributed by atoms with Crippen LogP contribution in [0.4, 0.5) is 0 Å². The first-order valence-corrected chi connectivity index (χ1v) is 7.07. The van der Waals surface area contributed by atoms with Crippen LogP contribution in [0.1, 0.15) is 17.7 Å². The predicted octanol–water partition coefficient (Wildman–Crippen LogP) is 2.69. The van der Waals surface area contributed by atoms with Gasteiger partial charge in [-0.05, 0) is 53.8 Å². The Bertz CT molecular complexity index is 307. The van der Waals surface area contributed by atoms with E-state index in [1.165, 1.54) is 28.7 Å². The molecule has 0 aromatic carbocycles. The zero-order chi connectivity index (χ0) is 10.7. The van der Waals surface area contributed by atoms with Crippen LogP contribution in [0.5, 0.6) is 0 Å². The summed E-state index contributed by atoms with van der Waals surface area (Å²) >= 11 is 5.40. The van der Waals surface area contributed by atoms with Crippen LogP contribution in [0, 0.1) is 0 Å². The van der Waals surface area contributed by atoms with Crippen LogP contribution in [0.3, 0.4) is 0 Å². The van der Waals surface area contributed by atoms with E-state index in [1.807, 2.05) is 11.3 Å². The molecule has 2 nitrogen and oxygen atoms in total. The molecule has 1 aliphatic heterocycles. The van der Waals surface area contributed by atoms with Crippen LogP contribution in [-0.4, -0.2) is 31.1 Å². The first-order valence-electron chi connectivity index (χ1n) is 5.39. The fourth-order valence-corrected chi connectivity index (χ4v) is 3.59. The molecule has 0 radical (unpaired) electrons. The Morgan fingerprint density at radius 2 is 2.53 bits per heavy atom. The van der Waals surface area contributed by atoms with Crippen LogP contribution in [-0.2, 0) is 6.54 Å². The van der Waals surface area contributed by atoms with Crippen LogP contribution in [0.2, 0.25) is 0 Å². The molecule has 0 aliphatic carbocycles. The van der Waals surface area contributed by atoms with E-state index in [0.29, 0.717) is 6.04 Å². The molecule has 0 spiro atoms. The SMILES string of the molecule is CN(Cc1sccc1Br)CC1CCCN1. The van der Waals surface area contributed by atoms with E-state index in [4.69, 9.17) is 0 Å². The third-order valence-electron chi connectivity index (χ3n) is 2.80. The molecule has 1 aliphatic rings. The van der Waals surface area contributed by atoms with E-state index in [0.717, 1.165) is 13.1 Å². The highest BCUT2D eigenvalue weighted by Gasteiger charge is 2.16. The van der Waals surface area contributed by atoms with Crippen molar-refractivity contribution in [3.63, 3.8) is 0 Å². The van der Waals surface area contributed by atoms with Gasteiger partial charge in [-0.1, -0.05) is 0 Å². The average molecular weight is 289 g/mol. The van der Waals surface area contributed by atoms with Crippen molar-refractivity contribution >= 4 is 27.3 Å². The standard InChI is InChI=1S/C11H17BrN2S/c1-14(7-9-3-2-5-13-9)8-11-10(12)4-6-15-11/h4,6,9,13H,2-3,5,7-8H2,1H3. The lowest BCUT2D eigenvalue weighted by Crippen LogP contribution is -2.34. The van der Waals surface area contributed by atoms with Gasteiger partial charge in [0.1, 0.15) is 0 Å². The molecular weight excluding hydrogens is 272 g/mol. The van der Waals surface area contributed by atoms with E-state index in [2.05, 4.69) is 44.6 Å². The summed E-state index contributed by atoms with van der Waals surface area (Å²) in [6.07, 6.45) is 2.66. The molecule has 0 bridgehead atoms. The summed E-state index contributed by atoms with van der Waals surface area (Å²) in [6.45, 7) is 3.40. The highest BCUT2D eigenvalue weighted by Crippen LogP contribution is 2.24. The number of hydrogen-bond donors (Lipinski definition) is 1. The molecule has 2 heterocycles. The first kappa shape index (κ1) is 11.6. The molecular formula is C11H17BrN2S. The van der Waals surface area contributed by atoms with Crippen molar-refractivity contribution in [2.45, 2.75) is 25.4 Å². The quantitative estimate of drug-likeness (QED) is 0.917. The van der Waals surface area contributed by atoms with Crippen molar-refractivity contribution in [3.05, 3.63) is 20.8 Å². The topological polar surface area (TPSA) is 15.3 Å².